The standard InChI is InChI=1S/C26H26IN3O7S/c1-3-36-26(32)37-23-14-9-19(16-24(23)35-2)17-28-29-25(31)22(15-18-7-5-4-6-8-18)30-38(33,34)21-12-10-20(27)11-13-21/h4-14,16-17,22,30H,3,15H2,1-2H3,(H,29,31)/b28-17-/t22-/m1/s1. The van der Waals surface area contributed by atoms with Gasteiger partial charge in [0.1, 0.15) is 6.04 Å². The summed E-state index contributed by atoms with van der Waals surface area (Å²) in [5.41, 5.74) is 3.68. The Balaban J connectivity index is 1.75. The number of amides is 1. The molecule has 12 heteroatoms. The first kappa shape index (κ1) is 29.1. The van der Waals surface area contributed by atoms with Crippen LogP contribution in [0.5, 0.6) is 11.5 Å². The second kappa shape index (κ2) is 13.9. The quantitative estimate of drug-likeness (QED) is 0.106. The van der Waals surface area contributed by atoms with Crippen LogP contribution in [-0.2, 0) is 26.0 Å². The Morgan fingerprint density at radius 2 is 1.74 bits per heavy atom. The summed E-state index contributed by atoms with van der Waals surface area (Å²) in [6.45, 7) is 1.82. The fourth-order valence-corrected chi connectivity index (χ4v) is 4.80. The summed E-state index contributed by atoms with van der Waals surface area (Å²) in [4.78, 5) is 24.6. The molecule has 0 aliphatic carbocycles. The topological polar surface area (TPSA) is 132 Å². The summed E-state index contributed by atoms with van der Waals surface area (Å²) in [5.74, 6) is -0.242. The van der Waals surface area contributed by atoms with Crippen LogP contribution >= 0.6 is 22.6 Å². The Morgan fingerprint density at radius 1 is 1.03 bits per heavy atom. The fourth-order valence-electron chi connectivity index (χ4n) is 3.24. The third-order valence-electron chi connectivity index (χ3n) is 5.05. The predicted molar refractivity (Wildman–Crippen MR) is 150 cm³/mol. The van der Waals surface area contributed by atoms with Crippen molar-refractivity contribution in [3.63, 3.8) is 0 Å². The number of sulfonamides is 1. The van der Waals surface area contributed by atoms with Crippen molar-refractivity contribution in [2.45, 2.75) is 24.3 Å². The number of ether oxygens (including phenoxy) is 3. The zero-order chi connectivity index (χ0) is 27.5. The zero-order valence-corrected chi connectivity index (χ0v) is 23.6. The number of rotatable bonds is 11. The summed E-state index contributed by atoms with van der Waals surface area (Å²) in [6.07, 6.45) is 0.595. The van der Waals surface area contributed by atoms with Gasteiger partial charge in [-0.05, 0) is 89.5 Å². The molecule has 1 atom stereocenters. The molecule has 3 rings (SSSR count). The van der Waals surface area contributed by atoms with E-state index in [1.54, 1.807) is 55.5 Å². The van der Waals surface area contributed by atoms with Crippen molar-refractivity contribution in [3.8, 4) is 11.5 Å². The van der Waals surface area contributed by atoms with E-state index in [2.05, 4.69) is 37.8 Å². The lowest BCUT2D eigenvalue weighted by molar-refractivity contribution is -0.122. The van der Waals surface area contributed by atoms with Gasteiger partial charge in [-0.1, -0.05) is 30.3 Å². The van der Waals surface area contributed by atoms with Crippen LogP contribution in [0.3, 0.4) is 0 Å². The van der Waals surface area contributed by atoms with Crippen LogP contribution in [0.2, 0.25) is 0 Å². The zero-order valence-electron chi connectivity index (χ0n) is 20.6. The molecule has 0 aromatic heterocycles. The Kier molecular flexibility index (Phi) is 10.6. The van der Waals surface area contributed by atoms with E-state index in [1.165, 1.54) is 31.5 Å². The molecule has 0 fully saturated rings. The van der Waals surface area contributed by atoms with Crippen molar-refractivity contribution < 1.29 is 32.2 Å². The molecule has 0 aliphatic heterocycles. The van der Waals surface area contributed by atoms with Crippen molar-refractivity contribution in [1.82, 2.24) is 10.1 Å². The van der Waals surface area contributed by atoms with Gasteiger partial charge >= 0.3 is 6.16 Å². The SMILES string of the molecule is CCOC(=O)Oc1ccc(/C=N\NC(=O)[C@@H](Cc2ccccc2)NS(=O)(=O)c2ccc(I)cc2)cc1OC. The van der Waals surface area contributed by atoms with Crippen LogP contribution in [0.1, 0.15) is 18.1 Å². The van der Waals surface area contributed by atoms with Crippen molar-refractivity contribution >= 4 is 50.9 Å². The lowest BCUT2D eigenvalue weighted by Crippen LogP contribution is -2.46. The van der Waals surface area contributed by atoms with Crippen LogP contribution in [-0.4, -0.2) is 46.5 Å². The monoisotopic (exact) mass is 651 g/mol. The molecular formula is C26H26IN3O7S. The second-order valence-electron chi connectivity index (χ2n) is 7.75. The molecule has 0 unspecified atom stereocenters. The van der Waals surface area contributed by atoms with Gasteiger partial charge in [-0.2, -0.15) is 9.82 Å². The van der Waals surface area contributed by atoms with Crippen LogP contribution < -0.4 is 19.6 Å². The average Bonchev–Trinajstić information content (AvgIpc) is 2.90. The minimum absolute atomic E-state index is 0.0458. The lowest BCUT2D eigenvalue weighted by Gasteiger charge is -2.17. The molecule has 2 N–H and O–H groups in total. The highest BCUT2D eigenvalue weighted by molar-refractivity contribution is 14.1. The first-order chi connectivity index (χ1) is 18.2. The van der Waals surface area contributed by atoms with Gasteiger partial charge in [0.15, 0.2) is 11.5 Å². The number of carbonyl (C=O) groups excluding carboxylic acids is 2. The van der Waals surface area contributed by atoms with Gasteiger partial charge in [0, 0.05) is 3.57 Å². The maximum Gasteiger partial charge on any atom is 0.513 e. The Labute approximate surface area is 234 Å². The maximum absolute atomic E-state index is 13.0. The molecule has 0 saturated heterocycles. The fraction of sp³-hybridized carbons (Fsp3) is 0.192. The van der Waals surface area contributed by atoms with Gasteiger partial charge in [0.25, 0.3) is 5.91 Å². The Morgan fingerprint density at radius 3 is 2.39 bits per heavy atom. The minimum Gasteiger partial charge on any atom is -0.493 e. The number of methoxy groups -OCH3 is 1. The minimum atomic E-state index is -3.98. The average molecular weight is 651 g/mol. The molecule has 3 aromatic carbocycles. The molecule has 38 heavy (non-hydrogen) atoms. The largest absolute Gasteiger partial charge is 0.513 e. The molecule has 3 aromatic rings. The Hall–Kier alpha value is -3.49. The third kappa shape index (κ3) is 8.53. The van der Waals surface area contributed by atoms with E-state index in [9.17, 15) is 18.0 Å². The van der Waals surface area contributed by atoms with E-state index in [0.29, 0.717) is 5.56 Å². The summed E-state index contributed by atoms with van der Waals surface area (Å²) < 4.78 is 44.4. The smallest absolute Gasteiger partial charge is 0.493 e. The van der Waals surface area contributed by atoms with E-state index in [4.69, 9.17) is 14.2 Å². The molecule has 0 spiro atoms. The summed E-state index contributed by atoms with van der Waals surface area (Å²) in [7, 11) is -2.57. The van der Waals surface area contributed by atoms with Gasteiger partial charge in [-0.25, -0.2) is 18.6 Å². The van der Waals surface area contributed by atoms with Crippen molar-refractivity contribution in [2.75, 3.05) is 13.7 Å². The van der Waals surface area contributed by atoms with Gasteiger partial charge in [-0.3, -0.25) is 4.79 Å². The van der Waals surface area contributed by atoms with Crippen LogP contribution in [0.4, 0.5) is 4.79 Å². The van der Waals surface area contributed by atoms with Gasteiger partial charge in [0.2, 0.25) is 10.0 Å². The Bertz CT molecular complexity index is 1380. The first-order valence-electron chi connectivity index (χ1n) is 11.4. The van der Waals surface area contributed by atoms with E-state index in [-0.39, 0.29) is 29.4 Å². The normalized spacial score (nSPS) is 12.1. The van der Waals surface area contributed by atoms with Gasteiger partial charge in [-0.15, -0.1) is 0 Å². The molecule has 200 valence electrons. The summed E-state index contributed by atoms with van der Waals surface area (Å²) in [5, 5.41) is 3.97. The van der Waals surface area contributed by atoms with Crippen molar-refractivity contribution in [3.05, 3.63) is 87.5 Å². The lowest BCUT2D eigenvalue weighted by atomic mass is 10.1. The van der Waals surface area contributed by atoms with Crippen LogP contribution in [0.15, 0.2) is 82.8 Å². The number of carbonyl (C=O) groups is 2. The molecular weight excluding hydrogens is 625 g/mol. The molecule has 0 heterocycles. The third-order valence-corrected chi connectivity index (χ3v) is 7.26. The summed E-state index contributed by atoms with van der Waals surface area (Å²) in [6, 6.07) is 18.8. The van der Waals surface area contributed by atoms with Gasteiger partial charge < -0.3 is 14.2 Å². The molecule has 0 radical (unpaired) electrons. The van der Waals surface area contributed by atoms with Crippen LogP contribution in [0.25, 0.3) is 0 Å². The number of halogens is 1. The number of benzene rings is 3. The van der Waals surface area contributed by atoms with Gasteiger partial charge in [0.05, 0.1) is 24.8 Å². The second-order valence-corrected chi connectivity index (χ2v) is 10.7. The number of nitrogens with zero attached hydrogens (tertiary/aromatic N) is 1. The number of hydrazone groups is 1. The molecule has 1 amide bonds. The highest BCUT2D eigenvalue weighted by atomic mass is 127. The maximum atomic E-state index is 13.0. The van der Waals surface area contributed by atoms with E-state index in [0.717, 1.165) is 9.13 Å². The van der Waals surface area contributed by atoms with Crippen LogP contribution in [0, 0.1) is 3.57 Å². The number of nitrogens with one attached hydrogen (secondary N) is 2. The van der Waals surface area contributed by atoms with Crippen molar-refractivity contribution in [2.24, 2.45) is 5.10 Å². The molecule has 10 nitrogen and oxygen atoms in total. The van der Waals surface area contributed by atoms with E-state index < -0.39 is 28.1 Å². The number of hydrogen-bond donors (Lipinski definition) is 2. The number of hydrogen-bond acceptors (Lipinski definition) is 8. The molecule has 0 bridgehead atoms. The summed E-state index contributed by atoms with van der Waals surface area (Å²) >= 11 is 2.08. The first-order valence-corrected chi connectivity index (χ1v) is 14.0. The highest BCUT2D eigenvalue weighted by Gasteiger charge is 2.26. The van der Waals surface area contributed by atoms with Crippen molar-refractivity contribution in [1.29, 1.82) is 0 Å². The highest BCUT2D eigenvalue weighted by Crippen LogP contribution is 2.28. The molecule has 0 aliphatic rings. The molecule has 0 saturated carbocycles. The predicted octanol–water partition coefficient (Wildman–Crippen LogP) is 3.88. The van der Waals surface area contributed by atoms with E-state index >= 15 is 0 Å². The van der Waals surface area contributed by atoms with E-state index in [1.807, 2.05) is 6.07 Å².